The van der Waals surface area contributed by atoms with Gasteiger partial charge in [-0.05, 0) is 26.2 Å². The zero-order valence-electron chi connectivity index (χ0n) is 16.6. The molecule has 150 valence electrons. The fourth-order valence-corrected chi connectivity index (χ4v) is 4.47. The van der Waals surface area contributed by atoms with E-state index in [1.165, 1.54) is 11.3 Å². The number of hydrogen-bond acceptors (Lipinski definition) is 5. The van der Waals surface area contributed by atoms with E-state index in [0.29, 0.717) is 12.5 Å². The van der Waals surface area contributed by atoms with Crippen molar-refractivity contribution in [3.05, 3.63) is 16.1 Å². The number of amides is 1. The molecule has 2 aliphatic heterocycles. The molecule has 0 aliphatic carbocycles. The van der Waals surface area contributed by atoms with Gasteiger partial charge in [0, 0.05) is 70.4 Å². The van der Waals surface area contributed by atoms with Crippen LogP contribution < -0.4 is 5.32 Å². The van der Waals surface area contributed by atoms with Gasteiger partial charge in [0.1, 0.15) is 0 Å². The maximum Gasteiger partial charge on any atom is 0.236 e. The first-order valence-electron chi connectivity index (χ1n) is 10.0. The second-order valence-corrected chi connectivity index (χ2v) is 8.61. The van der Waals surface area contributed by atoms with Crippen LogP contribution in [0.2, 0.25) is 0 Å². The summed E-state index contributed by atoms with van der Waals surface area (Å²) in [4.78, 5) is 29.1. The normalized spacial score (nSPS) is 19.4. The lowest BCUT2D eigenvalue weighted by atomic mass is 10.1. The molecule has 0 radical (unpaired) electrons. The lowest BCUT2D eigenvalue weighted by molar-refractivity contribution is -0.133. The van der Waals surface area contributed by atoms with E-state index in [1.54, 1.807) is 11.3 Å². The molecule has 1 N–H and O–H groups in total. The fraction of sp³-hybridized carbons (Fsp3) is 0.737. The number of guanidine groups is 1. The van der Waals surface area contributed by atoms with Crippen LogP contribution in [0.1, 0.15) is 29.1 Å². The van der Waals surface area contributed by atoms with E-state index in [-0.39, 0.29) is 0 Å². The van der Waals surface area contributed by atoms with Crippen LogP contribution in [0.4, 0.5) is 0 Å². The number of likely N-dealkylation sites (tertiary alicyclic amines) is 1. The highest BCUT2D eigenvalue weighted by Gasteiger charge is 2.23. The fourth-order valence-electron chi connectivity index (χ4n) is 3.68. The van der Waals surface area contributed by atoms with E-state index < -0.39 is 0 Å². The Bertz CT molecular complexity index is 632. The van der Waals surface area contributed by atoms with Gasteiger partial charge in [-0.2, -0.15) is 0 Å². The summed E-state index contributed by atoms with van der Waals surface area (Å²) in [6, 6.07) is 0. The maximum absolute atomic E-state index is 12.4. The van der Waals surface area contributed by atoms with E-state index in [4.69, 9.17) is 0 Å². The van der Waals surface area contributed by atoms with Crippen molar-refractivity contribution in [2.75, 3.05) is 59.4 Å². The number of aryl methyl sites for hydroxylation is 1. The lowest BCUT2D eigenvalue weighted by Crippen LogP contribution is -2.54. The molecule has 1 aromatic heterocycles. The predicted octanol–water partition coefficient (Wildman–Crippen LogP) is 1.20. The van der Waals surface area contributed by atoms with Crippen LogP contribution in [0.25, 0.3) is 0 Å². The first-order valence-corrected chi connectivity index (χ1v) is 10.8. The van der Waals surface area contributed by atoms with Gasteiger partial charge >= 0.3 is 0 Å². The summed E-state index contributed by atoms with van der Waals surface area (Å²) in [7, 11) is 1.84. The summed E-state index contributed by atoms with van der Waals surface area (Å²) < 4.78 is 0. The molecular weight excluding hydrogens is 360 g/mol. The van der Waals surface area contributed by atoms with Gasteiger partial charge in [0.15, 0.2) is 5.96 Å². The standard InChI is InChI=1S/C19H32N6OS/c1-16-14-22-17(27-16)6-7-21-19(20-2)25-12-10-23(11-13-25)15-18(26)24-8-4-3-5-9-24/h14H,3-13,15H2,1-2H3,(H,20,21). The number of nitrogens with one attached hydrogen (secondary N) is 1. The number of hydrogen-bond donors (Lipinski definition) is 1. The Balaban J connectivity index is 1.38. The number of piperidine rings is 1. The summed E-state index contributed by atoms with van der Waals surface area (Å²) in [5.41, 5.74) is 0. The Morgan fingerprint density at radius 2 is 1.89 bits per heavy atom. The number of thiazole rings is 1. The van der Waals surface area contributed by atoms with Gasteiger partial charge in [0.25, 0.3) is 0 Å². The van der Waals surface area contributed by atoms with Crippen LogP contribution in [0.15, 0.2) is 11.2 Å². The Morgan fingerprint density at radius 3 is 2.52 bits per heavy atom. The van der Waals surface area contributed by atoms with Crippen LogP contribution in [0.5, 0.6) is 0 Å². The van der Waals surface area contributed by atoms with Gasteiger partial charge in [0.05, 0.1) is 11.6 Å². The first kappa shape index (κ1) is 20.1. The average Bonchev–Trinajstić information content (AvgIpc) is 3.12. The van der Waals surface area contributed by atoms with E-state index in [1.807, 2.05) is 18.1 Å². The van der Waals surface area contributed by atoms with Crippen molar-refractivity contribution >= 4 is 23.2 Å². The van der Waals surface area contributed by atoms with E-state index >= 15 is 0 Å². The average molecular weight is 393 g/mol. The number of piperazine rings is 1. The predicted molar refractivity (Wildman–Crippen MR) is 110 cm³/mol. The van der Waals surface area contributed by atoms with Gasteiger partial charge in [-0.3, -0.25) is 14.7 Å². The summed E-state index contributed by atoms with van der Waals surface area (Å²) in [6.07, 6.45) is 6.42. The zero-order valence-corrected chi connectivity index (χ0v) is 17.4. The molecule has 2 fully saturated rings. The molecule has 0 aromatic carbocycles. The molecular formula is C19H32N6OS. The quantitative estimate of drug-likeness (QED) is 0.603. The van der Waals surface area contributed by atoms with Crippen LogP contribution >= 0.6 is 11.3 Å². The monoisotopic (exact) mass is 392 g/mol. The van der Waals surface area contributed by atoms with Crippen LogP contribution in [-0.4, -0.2) is 91.0 Å². The number of carbonyl (C=O) groups excluding carboxylic acids is 1. The van der Waals surface area contributed by atoms with E-state index in [2.05, 4.69) is 32.0 Å². The number of nitrogens with zero attached hydrogens (tertiary/aromatic N) is 5. The van der Waals surface area contributed by atoms with Crippen molar-refractivity contribution in [2.24, 2.45) is 4.99 Å². The minimum absolute atomic E-state index is 0.296. The summed E-state index contributed by atoms with van der Waals surface area (Å²) >= 11 is 1.75. The molecule has 2 saturated heterocycles. The topological polar surface area (TPSA) is 64.1 Å². The second kappa shape index (κ2) is 10.0. The molecule has 2 aliphatic rings. The summed E-state index contributed by atoms with van der Waals surface area (Å²) in [5, 5.41) is 4.62. The molecule has 1 aromatic rings. The van der Waals surface area contributed by atoms with Crippen molar-refractivity contribution in [3.8, 4) is 0 Å². The van der Waals surface area contributed by atoms with Crippen molar-refractivity contribution in [1.82, 2.24) is 25.0 Å². The zero-order chi connectivity index (χ0) is 19.1. The summed E-state index contributed by atoms with van der Waals surface area (Å²) in [5.74, 6) is 1.25. The molecule has 7 nitrogen and oxygen atoms in total. The highest BCUT2D eigenvalue weighted by molar-refractivity contribution is 7.11. The first-order chi connectivity index (χ1) is 13.2. The summed E-state index contributed by atoms with van der Waals surface area (Å²) in [6.45, 7) is 8.99. The Morgan fingerprint density at radius 1 is 1.15 bits per heavy atom. The van der Waals surface area contributed by atoms with Crippen molar-refractivity contribution in [2.45, 2.75) is 32.6 Å². The molecule has 27 heavy (non-hydrogen) atoms. The highest BCUT2D eigenvalue weighted by Crippen LogP contribution is 2.12. The van der Waals surface area contributed by atoms with Crippen molar-refractivity contribution in [1.29, 1.82) is 0 Å². The number of aliphatic imine (C=N–C) groups is 1. The SMILES string of the molecule is CN=C(NCCc1ncc(C)s1)N1CCN(CC(=O)N2CCCCC2)CC1. The Hall–Kier alpha value is -1.67. The van der Waals surface area contributed by atoms with Gasteiger partial charge in [-0.1, -0.05) is 0 Å². The van der Waals surface area contributed by atoms with Gasteiger partial charge < -0.3 is 15.1 Å². The lowest BCUT2D eigenvalue weighted by Gasteiger charge is -2.37. The highest BCUT2D eigenvalue weighted by atomic mass is 32.1. The molecule has 0 saturated carbocycles. The third-order valence-corrected chi connectivity index (χ3v) is 6.21. The molecule has 0 spiro atoms. The largest absolute Gasteiger partial charge is 0.356 e. The molecule has 1 amide bonds. The van der Waals surface area contributed by atoms with Gasteiger partial charge in [-0.25, -0.2) is 4.98 Å². The van der Waals surface area contributed by atoms with Gasteiger partial charge in [0.2, 0.25) is 5.91 Å². The van der Waals surface area contributed by atoms with E-state index in [0.717, 1.165) is 76.0 Å². The molecule has 0 unspecified atom stereocenters. The number of aromatic nitrogens is 1. The van der Waals surface area contributed by atoms with Crippen LogP contribution in [0.3, 0.4) is 0 Å². The van der Waals surface area contributed by atoms with Crippen LogP contribution in [-0.2, 0) is 11.2 Å². The molecule has 0 bridgehead atoms. The molecule has 0 atom stereocenters. The third kappa shape index (κ3) is 5.90. The molecule has 3 heterocycles. The van der Waals surface area contributed by atoms with Crippen molar-refractivity contribution < 1.29 is 4.79 Å². The minimum Gasteiger partial charge on any atom is -0.356 e. The number of rotatable bonds is 5. The minimum atomic E-state index is 0.296. The maximum atomic E-state index is 12.4. The van der Waals surface area contributed by atoms with Crippen molar-refractivity contribution in [3.63, 3.8) is 0 Å². The Labute approximate surface area is 166 Å². The second-order valence-electron chi connectivity index (χ2n) is 7.29. The third-order valence-electron chi connectivity index (χ3n) is 5.24. The molecule has 8 heteroatoms. The van der Waals surface area contributed by atoms with Gasteiger partial charge in [-0.15, -0.1) is 11.3 Å². The van der Waals surface area contributed by atoms with E-state index in [9.17, 15) is 4.79 Å². The van der Waals surface area contributed by atoms with Crippen LogP contribution in [0, 0.1) is 6.92 Å². The number of carbonyl (C=O) groups is 1. The molecule has 3 rings (SSSR count). The smallest absolute Gasteiger partial charge is 0.236 e. The Kier molecular flexibility index (Phi) is 7.46.